The number of amides is 2. The van der Waals surface area contributed by atoms with Gasteiger partial charge in [-0.1, -0.05) is 60.7 Å². The molecule has 0 bridgehead atoms. The molecule has 0 atom stereocenters. The fourth-order valence-corrected chi connectivity index (χ4v) is 3.16. The lowest BCUT2D eigenvalue weighted by Gasteiger charge is -2.18. The second-order valence-corrected chi connectivity index (χ2v) is 6.78. The lowest BCUT2D eigenvalue weighted by atomic mass is 9.88. The normalized spacial score (nSPS) is 10.4. The predicted molar refractivity (Wildman–Crippen MR) is 114 cm³/mol. The molecule has 6 heteroatoms. The zero-order valence-corrected chi connectivity index (χ0v) is 16.2. The fourth-order valence-electron chi connectivity index (χ4n) is 3.16. The molecule has 6 nitrogen and oxygen atoms in total. The van der Waals surface area contributed by atoms with Crippen LogP contribution in [0.4, 0.5) is 5.69 Å². The molecule has 3 rings (SSSR count). The molecule has 0 aromatic heterocycles. The van der Waals surface area contributed by atoms with E-state index in [9.17, 15) is 14.4 Å². The molecule has 0 spiro atoms. The minimum absolute atomic E-state index is 0.0755. The van der Waals surface area contributed by atoms with E-state index < -0.39 is 18.4 Å². The SMILES string of the molecule is O=C(O)CNC(=O)c1ccc(NC(=O)CC(c2ccccc2)c2ccccc2)cc1. The van der Waals surface area contributed by atoms with E-state index in [0.29, 0.717) is 11.3 Å². The first-order valence-electron chi connectivity index (χ1n) is 9.52. The standard InChI is InChI=1S/C24H22N2O4/c27-22(26-20-13-11-19(12-14-20)24(30)25-16-23(28)29)15-21(17-7-3-1-4-8-17)18-9-5-2-6-10-18/h1-14,21H,15-16H2,(H,25,30)(H,26,27)(H,28,29). The molecule has 3 N–H and O–H groups in total. The highest BCUT2D eigenvalue weighted by Gasteiger charge is 2.18. The number of hydrogen-bond acceptors (Lipinski definition) is 3. The van der Waals surface area contributed by atoms with Crippen molar-refractivity contribution in [2.75, 3.05) is 11.9 Å². The highest BCUT2D eigenvalue weighted by molar-refractivity contribution is 5.97. The fraction of sp³-hybridized carbons (Fsp3) is 0.125. The van der Waals surface area contributed by atoms with E-state index in [4.69, 9.17) is 5.11 Å². The summed E-state index contributed by atoms with van der Waals surface area (Å²) in [6, 6.07) is 26.1. The van der Waals surface area contributed by atoms with Crippen molar-refractivity contribution in [3.63, 3.8) is 0 Å². The van der Waals surface area contributed by atoms with Crippen LogP contribution in [0.2, 0.25) is 0 Å². The molecular formula is C24H22N2O4. The summed E-state index contributed by atoms with van der Waals surface area (Å²) >= 11 is 0. The van der Waals surface area contributed by atoms with E-state index in [1.165, 1.54) is 0 Å². The maximum atomic E-state index is 12.7. The second-order valence-electron chi connectivity index (χ2n) is 6.78. The Labute approximate surface area is 174 Å². The van der Waals surface area contributed by atoms with Crippen molar-refractivity contribution in [3.05, 3.63) is 102 Å². The van der Waals surface area contributed by atoms with E-state index in [1.54, 1.807) is 24.3 Å². The average Bonchev–Trinajstić information content (AvgIpc) is 2.77. The van der Waals surface area contributed by atoms with Crippen molar-refractivity contribution in [2.24, 2.45) is 0 Å². The quantitative estimate of drug-likeness (QED) is 0.536. The van der Waals surface area contributed by atoms with Crippen LogP contribution in [0, 0.1) is 0 Å². The van der Waals surface area contributed by atoms with E-state index >= 15 is 0 Å². The first-order chi connectivity index (χ1) is 14.5. The maximum absolute atomic E-state index is 12.7. The summed E-state index contributed by atoms with van der Waals surface area (Å²) in [5.41, 5.74) is 3.00. The number of nitrogens with one attached hydrogen (secondary N) is 2. The van der Waals surface area contributed by atoms with E-state index in [1.807, 2.05) is 60.7 Å². The Bertz CT molecular complexity index is 963. The Kier molecular flexibility index (Phi) is 6.95. The second kappa shape index (κ2) is 10.0. The first kappa shape index (κ1) is 20.8. The van der Waals surface area contributed by atoms with Crippen LogP contribution in [0.3, 0.4) is 0 Å². The monoisotopic (exact) mass is 402 g/mol. The van der Waals surface area contributed by atoms with E-state index in [2.05, 4.69) is 10.6 Å². The molecule has 2 amide bonds. The largest absolute Gasteiger partial charge is 0.480 e. The van der Waals surface area contributed by atoms with Gasteiger partial charge in [0, 0.05) is 23.6 Å². The van der Waals surface area contributed by atoms with E-state index in [-0.39, 0.29) is 18.2 Å². The van der Waals surface area contributed by atoms with Gasteiger partial charge in [-0.2, -0.15) is 0 Å². The highest BCUT2D eigenvalue weighted by atomic mass is 16.4. The molecule has 3 aromatic carbocycles. The number of aliphatic carboxylic acids is 1. The van der Waals surface area contributed by atoms with Gasteiger partial charge in [-0.05, 0) is 35.4 Å². The van der Waals surface area contributed by atoms with Crippen molar-refractivity contribution in [3.8, 4) is 0 Å². The maximum Gasteiger partial charge on any atom is 0.322 e. The molecule has 3 aromatic rings. The Morgan fingerprint density at radius 1 is 0.767 bits per heavy atom. The molecule has 0 saturated heterocycles. The summed E-state index contributed by atoms with van der Waals surface area (Å²) in [7, 11) is 0. The van der Waals surface area contributed by atoms with Gasteiger partial charge in [0.2, 0.25) is 5.91 Å². The molecule has 152 valence electrons. The average molecular weight is 402 g/mol. The summed E-state index contributed by atoms with van der Waals surface area (Å²) < 4.78 is 0. The topological polar surface area (TPSA) is 95.5 Å². The summed E-state index contributed by atoms with van der Waals surface area (Å²) in [5.74, 6) is -1.81. The van der Waals surface area contributed by atoms with Crippen LogP contribution in [0.1, 0.15) is 33.8 Å². The van der Waals surface area contributed by atoms with Crippen LogP contribution in [0.15, 0.2) is 84.9 Å². The van der Waals surface area contributed by atoms with Gasteiger partial charge in [-0.25, -0.2) is 0 Å². The smallest absolute Gasteiger partial charge is 0.322 e. The third kappa shape index (κ3) is 5.78. The van der Waals surface area contributed by atoms with Crippen LogP contribution in [-0.2, 0) is 9.59 Å². The van der Waals surface area contributed by atoms with Crippen LogP contribution < -0.4 is 10.6 Å². The molecule has 0 aliphatic heterocycles. The molecule has 0 aliphatic carbocycles. The van der Waals surface area contributed by atoms with Gasteiger partial charge >= 0.3 is 5.97 Å². The minimum Gasteiger partial charge on any atom is -0.480 e. The van der Waals surface area contributed by atoms with Gasteiger partial charge in [0.05, 0.1) is 0 Å². The Morgan fingerprint density at radius 3 is 1.80 bits per heavy atom. The number of carboxylic acid groups (broad SMARTS) is 1. The molecule has 0 aliphatic rings. The predicted octanol–water partition coefficient (Wildman–Crippen LogP) is 3.66. The summed E-state index contributed by atoms with van der Waals surface area (Å²) in [5, 5.41) is 13.8. The first-order valence-corrected chi connectivity index (χ1v) is 9.52. The number of carbonyl (C=O) groups is 3. The van der Waals surface area contributed by atoms with Gasteiger partial charge in [0.1, 0.15) is 6.54 Å². The summed E-state index contributed by atoms with van der Waals surface area (Å²) in [6.07, 6.45) is 0.273. The Morgan fingerprint density at radius 2 is 1.30 bits per heavy atom. The number of carboxylic acids is 1. The lowest BCUT2D eigenvalue weighted by molar-refractivity contribution is -0.135. The molecule has 0 saturated carbocycles. The number of benzene rings is 3. The zero-order valence-electron chi connectivity index (χ0n) is 16.2. The number of hydrogen-bond donors (Lipinski definition) is 3. The molecule has 0 fully saturated rings. The van der Waals surface area contributed by atoms with Crippen LogP contribution in [0.25, 0.3) is 0 Å². The summed E-state index contributed by atoms with van der Waals surface area (Å²) in [4.78, 5) is 35.1. The zero-order chi connectivity index (χ0) is 21.3. The number of rotatable bonds is 8. The van der Waals surface area contributed by atoms with Crippen molar-refractivity contribution in [2.45, 2.75) is 12.3 Å². The van der Waals surface area contributed by atoms with Crippen molar-refractivity contribution in [1.29, 1.82) is 0 Å². The Balaban J connectivity index is 1.67. The molecule has 0 heterocycles. The van der Waals surface area contributed by atoms with Crippen molar-refractivity contribution in [1.82, 2.24) is 5.32 Å². The molecule has 0 radical (unpaired) electrons. The van der Waals surface area contributed by atoms with Crippen LogP contribution >= 0.6 is 0 Å². The number of carbonyl (C=O) groups excluding carboxylic acids is 2. The van der Waals surface area contributed by atoms with Crippen molar-refractivity contribution < 1.29 is 19.5 Å². The molecule has 30 heavy (non-hydrogen) atoms. The van der Waals surface area contributed by atoms with Gasteiger partial charge in [-0.15, -0.1) is 0 Å². The highest BCUT2D eigenvalue weighted by Crippen LogP contribution is 2.28. The third-order valence-electron chi connectivity index (χ3n) is 4.62. The summed E-state index contributed by atoms with van der Waals surface area (Å²) in [6.45, 7) is -0.447. The van der Waals surface area contributed by atoms with Crippen LogP contribution in [0.5, 0.6) is 0 Å². The van der Waals surface area contributed by atoms with Crippen LogP contribution in [-0.4, -0.2) is 29.4 Å². The third-order valence-corrected chi connectivity index (χ3v) is 4.62. The lowest BCUT2D eigenvalue weighted by Crippen LogP contribution is -2.29. The van der Waals surface area contributed by atoms with Crippen molar-refractivity contribution >= 4 is 23.5 Å². The number of anilines is 1. The molecule has 0 unspecified atom stereocenters. The van der Waals surface area contributed by atoms with Gasteiger partial charge in [0.15, 0.2) is 0 Å². The van der Waals surface area contributed by atoms with Gasteiger partial charge in [-0.3, -0.25) is 14.4 Å². The Hall–Kier alpha value is -3.93. The van der Waals surface area contributed by atoms with E-state index in [0.717, 1.165) is 11.1 Å². The van der Waals surface area contributed by atoms with Gasteiger partial charge < -0.3 is 15.7 Å². The minimum atomic E-state index is -1.11. The van der Waals surface area contributed by atoms with Gasteiger partial charge in [0.25, 0.3) is 5.91 Å². The molecular weight excluding hydrogens is 380 g/mol.